The summed E-state index contributed by atoms with van der Waals surface area (Å²) < 4.78 is 46.6. The number of alkyl halides is 1. The Hall–Kier alpha value is -3.01. The minimum Gasteiger partial charge on any atom is -0.493 e. The molecule has 34 heavy (non-hydrogen) atoms. The summed E-state index contributed by atoms with van der Waals surface area (Å²) in [6, 6.07) is 9.97. The second kappa shape index (κ2) is 13.0. The molecule has 2 aromatic carbocycles. The maximum absolute atomic E-state index is 14.4. The van der Waals surface area contributed by atoms with Crippen LogP contribution in [0.5, 0.6) is 11.5 Å². The van der Waals surface area contributed by atoms with Gasteiger partial charge in [0, 0.05) is 31.3 Å². The normalized spacial score (nSPS) is 18.2. The van der Waals surface area contributed by atoms with Crippen molar-refractivity contribution in [2.45, 2.75) is 6.36 Å². The number of nitrogens with one attached hydrogen (secondary N) is 1. The van der Waals surface area contributed by atoms with E-state index in [-0.39, 0.29) is 11.7 Å². The summed E-state index contributed by atoms with van der Waals surface area (Å²) in [6.45, 7) is 3.91. The second-order valence-electron chi connectivity index (χ2n) is 7.57. The van der Waals surface area contributed by atoms with Crippen molar-refractivity contribution in [3.63, 3.8) is 0 Å². The quantitative estimate of drug-likeness (QED) is 0.668. The number of carbonyl (C=O) groups is 1. The summed E-state index contributed by atoms with van der Waals surface area (Å²) in [7, 11) is 3.09. The molecule has 0 bridgehead atoms. The van der Waals surface area contributed by atoms with Crippen LogP contribution in [0.15, 0.2) is 42.5 Å². The van der Waals surface area contributed by atoms with Gasteiger partial charge >= 0.3 is 0 Å². The fourth-order valence-corrected chi connectivity index (χ4v) is 3.46. The lowest BCUT2D eigenvalue weighted by Crippen LogP contribution is -2.39. The molecule has 2 fully saturated rings. The fraction of sp³-hybridized carbons (Fsp3) is 0.400. The predicted molar refractivity (Wildman–Crippen MR) is 125 cm³/mol. The second-order valence-corrected chi connectivity index (χ2v) is 7.57. The van der Waals surface area contributed by atoms with Crippen LogP contribution in [0.3, 0.4) is 0 Å². The van der Waals surface area contributed by atoms with Gasteiger partial charge in [-0.25, -0.2) is 8.78 Å². The number of ether oxygens (including phenoxy) is 4. The van der Waals surface area contributed by atoms with Crippen LogP contribution in [0.4, 0.5) is 8.78 Å². The fourth-order valence-electron chi connectivity index (χ4n) is 3.46. The monoisotopic (exact) mass is 476 g/mol. The van der Waals surface area contributed by atoms with Gasteiger partial charge in [-0.1, -0.05) is 12.1 Å². The minimum atomic E-state index is -1.08. The zero-order valence-electron chi connectivity index (χ0n) is 19.4. The Morgan fingerprint density at radius 2 is 1.85 bits per heavy atom. The van der Waals surface area contributed by atoms with E-state index in [4.69, 9.17) is 14.2 Å². The summed E-state index contributed by atoms with van der Waals surface area (Å²) in [4.78, 5) is 14.0. The molecule has 2 aromatic rings. The van der Waals surface area contributed by atoms with E-state index in [0.717, 1.165) is 12.1 Å². The van der Waals surface area contributed by atoms with Gasteiger partial charge in [0.05, 0.1) is 40.6 Å². The topological polar surface area (TPSA) is 69.3 Å². The molecule has 2 aliphatic heterocycles. The molecule has 1 amide bonds. The molecule has 1 N–H and O–H groups in total. The number of rotatable bonds is 5. The molecule has 0 aromatic heterocycles. The summed E-state index contributed by atoms with van der Waals surface area (Å²) in [5, 5.41) is 2.83. The Labute approximate surface area is 198 Å². The number of amides is 1. The Morgan fingerprint density at radius 3 is 2.47 bits per heavy atom. The van der Waals surface area contributed by atoms with Crippen molar-refractivity contribution in [3.05, 3.63) is 53.9 Å². The molecule has 184 valence electrons. The van der Waals surface area contributed by atoms with Gasteiger partial charge in [0.1, 0.15) is 5.82 Å². The van der Waals surface area contributed by atoms with Crippen LogP contribution >= 0.6 is 0 Å². The van der Waals surface area contributed by atoms with Gasteiger partial charge in [0.2, 0.25) is 12.3 Å². The minimum absolute atomic E-state index is 0.0738. The van der Waals surface area contributed by atoms with Gasteiger partial charge in [0.25, 0.3) is 0 Å². The van der Waals surface area contributed by atoms with Gasteiger partial charge in [-0.15, -0.1) is 0 Å². The molecule has 0 radical (unpaired) electrons. The Morgan fingerprint density at radius 1 is 1.09 bits per heavy atom. The molecule has 2 aliphatic rings. The Balaban J connectivity index is 0.000000396. The van der Waals surface area contributed by atoms with E-state index in [1.807, 2.05) is 0 Å². The summed E-state index contributed by atoms with van der Waals surface area (Å²) in [5.74, 6) is 0.681. The Bertz CT molecular complexity index is 974. The maximum atomic E-state index is 14.4. The Kier molecular flexibility index (Phi) is 9.81. The lowest BCUT2D eigenvalue weighted by atomic mass is 10.0. The summed E-state index contributed by atoms with van der Waals surface area (Å²) >= 11 is 0. The number of carbonyl (C=O) groups excluding carboxylic acids is 1. The lowest BCUT2D eigenvalue weighted by Gasteiger charge is -2.25. The molecule has 4 rings (SSSR count). The van der Waals surface area contributed by atoms with Gasteiger partial charge in [-0.3, -0.25) is 4.79 Å². The molecule has 1 unspecified atom stereocenters. The highest BCUT2D eigenvalue weighted by atomic mass is 19.1. The van der Waals surface area contributed by atoms with Crippen LogP contribution in [0.2, 0.25) is 0 Å². The molecule has 7 nitrogen and oxygen atoms in total. The van der Waals surface area contributed by atoms with E-state index < -0.39 is 6.36 Å². The number of hydrogen-bond donors (Lipinski definition) is 1. The van der Waals surface area contributed by atoms with E-state index >= 15 is 0 Å². The highest BCUT2D eigenvalue weighted by Crippen LogP contribution is 2.33. The third-order valence-corrected chi connectivity index (χ3v) is 5.31. The number of morpholine rings is 2. The van der Waals surface area contributed by atoms with Crippen LogP contribution in [-0.2, 0) is 14.3 Å². The zero-order chi connectivity index (χ0) is 24.3. The molecular weight excluding hydrogens is 446 g/mol. The first kappa shape index (κ1) is 25.6. The van der Waals surface area contributed by atoms with Crippen molar-refractivity contribution < 1.29 is 32.5 Å². The van der Waals surface area contributed by atoms with E-state index in [9.17, 15) is 13.6 Å². The summed E-state index contributed by atoms with van der Waals surface area (Å²) in [5.41, 5.74) is 1.83. The van der Waals surface area contributed by atoms with Crippen LogP contribution in [0.25, 0.3) is 17.2 Å². The van der Waals surface area contributed by atoms with Gasteiger partial charge < -0.3 is 29.2 Å². The molecule has 0 aliphatic carbocycles. The largest absolute Gasteiger partial charge is 0.493 e. The highest BCUT2D eigenvalue weighted by Gasteiger charge is 2.14. The molecule has 1 atom stereocenters. The molecule has 0 spiro atoms. The van der Waals surface area contributed by atoms with Crippen LogP contribution in [-0.4, -0.2) is 77.4 Å². The third-order valence-electron chi connectivity index (χ3n) is 5.31. The van der Waals surface area contributed by atoms with Crippen molar-refractivity contribution >= 4 is 12.0 Å². The van der Waals surface area contributed by atoms with E-state index in [1.54, 1.807) is 48.4 Å². The van der Waals surface area contributed by atoms with Gasteiger partial charge in [-0.05, 0) is 41.5 Å². The lowest BCUT2D eigenvalue weighted by molar-refractivity contribution is -0.129. The first-order chi connectivity index (χ1) is 16.5. The molecular formula is C25H30F2N2O5. The average molecular weight is 477 g/mol. The van der Waals surface area contributed by atoms with Crippen molar-refractivity contribution in [2.75, 3.05) is 60.2 Å². The van der Waals surface area contributed by atoms with Crippen molar-refractivity contribution in [1.29, 1.82) is 0 Å². The number of nitrogens with zero attached hydrogens (tertiary/aromatic N) is 1. The van der Waals surface area contributed by atoms with E-state index in [0.29, 0.717) is 62.1 Å². The van der Waals surface area contributed by atoms with Crippen LogP contribution in [0, 0.1) is 5.82 Å². The van der Waals surface area contributed by atoms with Crippen molar-refractivity contribution in [3.8, 4) is 22.6 Å². The third kappa shape index (κ3) is 7.24. The number of hydrogen-bond acceptors (Lipinski definition) is 6. The zero-order valence-corrected chi connectivity index (χ0v) is 19.4. The van der Waals surface area contributed by atoms with Crippen molar-refractivity contribution in [2.24, 2.45) is 0 Å². The van der Waals surface area contributed by atoms with Gasteiger partial charge in [-0.2, -0.15) is 0 Å². The number of halogens is 2. The number of methoxy groups -OCH3 is 2. The molecule has 2 heterocycles. The van der Waals surface area contributed by atoms with E-state index in [2.05, 4.69) is 10.1 Å². The first-order valence-electron chi connectivity index (χ1n) is 11.0. The standard InChI is InChI=1S/C21H22FNO4.C4H8FNO/c1-25-19-7-5-16(14-20(19)26-2)17-13-15(3-6-18(17)22)4-8-21(24)23-9-11-27-12-10-23;5-4-3-6-1-2-7-4/h3-8,13-14H,9-12H2,1-2H3;4,6H,1-3H2/b8-4+;. The van der Waals surface area contributed by atoms with Crippen LogP contribution in [0.1, 0.15) is 5.56 Å². The molecule has 0 saturated carbocycles. The van der Waals surface area contributed by atoms with E-state index in [1.165, 1.54) is 19.3 Å². The average Bonchev–Trinajstić information content (AvgIpc) is 2.89. The smallest absolute Gasteiger partial charge is 0.246 e. The SMILES string of the molecule is COc1ccc(-c2cc(/C=C/C(=O)N3CCOCC3)ccc2F)cc1OC.FC1CNCCO1. The number of benzene rings is 2. The van der Waals surface area contributed by atoms with Crippen LogP contribution < -0.4 is 14.8 Å². The van der Waals surface area contributed by atoms with Gasteiger partial charge in [0.15, 0.2) is 11.5 Å². The van der Waals surface area contributed by atoms with Crippen molar-refractivity contribution in [1.82, 2.24) is 10.2 Å². The first-order valence-corrected chi connectivity index (χ1v) is 11.0. The maximum Gasteiger partial charge on any atom is 0.246 e. The molecule has 2 saturated heterocycles. The molecule has 9 heteroatoms. The highest BCUT2D eigenvalue weighted by molar-refractivity contribution is 5.92. The predicted octanol–water partition coefficient (Wildman–Crippen LogP) is 3.28. The summed E-state index contributed by atoms with van der Waals surface area (Å²) in [6.07, 6.45) is 2.13.